The fourth-order valence-electron chi connectivity index (χ4n) is 2.15. The number of pyridine rings is 1. The van der Waals surface area contributed by atoms with E-state index in [0.717, 1.165) is 0 Å². The lowest BCUT2D eigenvalue weighted by Gasteiger charge is -2.09. The number of amides is 1. The number of aromatic amines is 1. The number of anilines is 1. The van der Waals surface area contributed by atoms with Crippen molar-refractivity contribution in [3.8, 4) is 11.5 Å². The Bertz CT molecular complexity index is 964. The highest BCUT2D eigenvalue weighted by Crippen LogP contribution is 2.31. The van der Waals surface area contributed by atoms with E-state index in [0.29, 0.717) is 26.7 Å². The molecular weight excluding hydrogens is 340 g/mol. The standard InChI is InChI=1S/C15H11ClN2O4S/c1-22-10-3-2-7(6-8(10)16)17-14(20)11-12(19)13-9(4-5-23-13)18-15(11)21/h2-6H,1H3,(H,17,20)(H2,18,19,21). The molecule has 8 heteroatoms. The van der Waals surface area contributed by atoms with Gasteiger partial charge in [0.25, 0.3) is 11.5 Å². The minimum Gasteiger partial charge on any atom is -0.505 e. The molecule has 0 aliphatic heterocycles. The zero-order chi connectivity index (χ0) is 16.6. The molecule has 1 aromatic carbocycles. The maximum atomic E-state index is 12.3. The predicted molar refractivity (Wildman–Crippen MR) is 90.1 cm³/mol. The van der Waals surface area contributed by atoms with Gasteiger partial charge >= 0.3 is 0 Å². The Morgan fingerprint density at radius 2 is 2.17 bits per heavy atom. The van der Waals surface area contributed by atoms with E-state index < -0.39 is 11.5 Å². The van der Waals surface area contributed by atoms with Crippen LogP contribution in [0.25, 0.3) is 10.2 Å². The summed E-state index contributed by atoms with van der Waals surface area (Å²) >= 11 is 7.22. The molecule has 23 heavy (non-hydrogen) atoms. The molecular formula is C15H11ClN2O4S. The van der Waals surface area contributed by atoms with Gasteiger partial charge in [-0.3, -0.25) is 9.59 Å². The Balaban J connectivity index is 1.98. The van der Waals surface area contributed by atoms with Crippen LogP contribution in [-0.4, -0.2) is 23.1 Å². The number of rotatable bonds is 3. The van der Waals surface area contributed by atoms with E-state index in [1.807, 2.05) is 0 Å². The maximum Gasteiger partial charge on any atom is 0.265 e. The second-order valence-corrected chi connectivity index (χ2v) is 5.97. The van der Waals surface area contributed by atoms with Gasteiger partial charge in [-0.25, -0.2) is 0 Å². The van der Waals surface area contributed by atoms with Crippen LogP contribution < -0.4 is 15.6 Å². The fraction of sp³-hybridized carbons (Fsp3) is 0.0667. The van der Waals surface area contributed by atoms with E-state index in [-0.39, 0.29) is 11.3 Å². The van der Waals surface area contributed by atoms with Crippen LogP contribution >= 0.6 is 22.9 Å². The van der Waals surface area contributed by atoms with Gasteiger partial charge in [0, 0.05) is 5.69 Å². The van der Waals surface area contributed by atoms with Crippen LogP contribution in [-0.2, 0) is 0 Å². The molecule has 0 spiro atoms. The monoisotopic (exact) mass is 350 g/mol. The number of carbonyl (C=O) groups excluding carboxylic acids is 1. The first kappa shape index (κ1) is 15.4. The molecule has 0 atom stereocenters. The smallest absolute Gasteiger partial charge is 0.265 e. The summed E-state index contributed by atoms with van der Waals surface area (Å²) in [6.07, 6.45) is 0. The number of halogens is 1. The average Bonchev–Trinajstić information content (AvgIpc) is 2.96. The topological polar surface area (TPSA) is 91.4 Å². The summed E-state index contributed by atoms with van der Waals surface area (Å²) in [6, 6.07) is 6.32. The lowest BCUT2D eigenvalue weighted by molar-refractivity contribution is 0.102. The van der Waals surface area contributed by atoms with Crippen molar-refractivity contribution in [2.24, 2.45) is 0 Å². The lowest BCUT2D eigenvalue weighted by atomic mass is 10.2. The van der Waals surface area contributed by atoms with Gasteiger partial charge in [0.1, 0.15) is 11.3 Å². The van der Waals surface area contributed by atoms with Crippen molar-refractivity contribution in [3.05, 3.63) is 50.6 Å². The van der Waals surface area contributed by atoms with Crippen molar-refractivity contribution in [1.29, 1.82) is 0 Å². The molecule has 0 saturated heterocycles. The van der Waals surface area contributed by atoms with Crippen LogP contribution in [0.1, 0.15) is 10.4 Å². The Labute approximate surface area is 139 Å². The minimum absolute atomic E-state index is 0.317. The molecule has 3 N–H and O–H groups in total. The van der Waals surface area contributed by atoms with Crippen molar-refractivity contribution < 1.29 is 14.6 Å². The normalized spacial score (nSPS) is 10.7. The summed E-state index contributed by atoms with van der Waals surface area (Å²) in [7, 11) is 1.48. The number of hydrogen-bond donors (Lipinski definition) is 3. The fourth-order valence-corrected chi connectivity index (χ4v) is 3.20. The molecule has 0 aliphatic rings. The van der Waals surface area contributed by atoms with Crippen LogP contribution in [0.5, 0.6) is 11.5 Å². The first-order chi connectivity index (χ1) is 11.0. The maximum absolute atomic E-state index is 12.3. The van der Waals surface area contributed by atoms with Crippen molar-refractivity contribution in [2.45, 2.75) is 0 Å². The highest BCUT2D eigenvalue weighted by atomic mass is 35.5. The number of ether oxygens (including phenoxy) is 1. The highest BCUT2D eigenvalue weighted by Gasteiger charge is 2.20. The van der Waals surface area contributed by atoms with Crippen molar-refractivity contribution in [2.75, 3.05) is 12.4 Å². The molecule has 0 bridgehead atoms. The number of methoxy groups -OCH3 is 1. The van der Waals surface area contributed by atoms with E-state index >= 15 is 0 Å². The van der Waals surface area contributed by atoms with Gasteiger partial charge in [0.05, 0.1) is 22.3 Å². The van der Waals surface area contributed by atoms with Gasteiger partial charge in [0.15, 0.2) is 5.75 Å². The van der Waals surface area contributed by atoms with Crippen LogP contribution in [0.3, 0.4) is 0 Å². The van der Waals surface area contributed by atoms with Crippen molar-refractivity contribution >= 4 is 44.7 Å². The minimum atomic E-state index is -0.722. The molecule has 118 valence electrons. The Morgan fingerprint density at radius 3 is 2.87 bits per heavy atom. The van der Waals surface area contributed by atoms with Gasteiger partial charge < -0.3 is 20.1 Å². The third kappa shape index (κ3) is 2.76. The number of H-pyrrole nitrogens is 1. The van der Waals surface area contributed by atoms with Gasteiger partial charge in [-0.1, -0.05) is 11.6 Å². The van der Waals surface area contributed by atoms with E-state index in [9.17, 15) is 14.7 Å². The van der Waals surface area contributed by atoms with E-state index in [4.69, 9.17) is 16.3 Å². The average molecular weight is 351 g/mol. The summed E-state index contributed by atoms with van der Waals surface area (Å²) in [5.41, 5.74) is -0.134. The molecule has 2 heterocycles. The van der Waals surface area contributed by atoms with Crippen LogP contribution in [0.15, 0.2) is 34.4 Å². The number of benzene rings is 1. The van der Waals surface area contributed by atoms with Crippen LogP contribution in [0, 0.1) is 0 Å². The zero-order valence-corrected chi connectivity index (χ0v) is 13.4. The van der Waals surface area contributed by atoms with E-state index in [1.54, 1.807) is 23.6 Å². The summed E-state index contributed by atoms with van der Waals surface area (Å²) in [4.78, 5) is 26.9. The molecule has 0 saturated carbocycles. The molecule has 3 rings (SSSR count). The van der Waals surface area contributed by atoms with E-state index in [2.05, 4.69) is 10.3 Å². The third-order valence-electron chi connectivity index (χ3n) is 3.23. The summed E-state index contributed by atoms with van der Waals surface area (Å²) in [5.74, 6) is -0.596. The summed E-state index contributed by atoms with van der Waals surface area (Å²) in [5, 5.41) is 14.8. The first-order valence-corrected chi connectivity index (χ1v) is 7.74. The van der Waals surface area contributed by atoms with Gasteiger partial charge in [-0.15, -0.1) is 11.3 Å². The van der Waals surface area contributed by atoms with Gasteiger partial charge in [-0.2, -0.15) is 0 Å². The summed E-state index contributed by atoms with van der Waals surface area (Å²) in [6.45, 7) is 0. The number of nitrogens with one attached hydrogen (secondary N) is 2. The molecule has 0 aliphatic carbocycles. The van der Waals surface area contributed by atoms with Crippen LogP contribution in [0.4, 0.5) is 5.69 Å². The number of fused-ring (bicyclic) bond motifs is 1. The molecule has 6 nitrogen and oxygen atoms in total. The second kappa shape index (κ2) is 5.94. The van der Waals surface area contributed by atoms with Crippen molar-refractivity contribution in [1.82, 2.24) is 4.98 Å². The second-order valence-electron chi connectivity index (χ2n) is 4.64. The Morgan fingerprint density at radius 1 is 1.39 bits per heavy atom. The largest absolute Gasteiger partial charge is 0.505 e. The molecule has 0 fully saturated rings. The molecule has 2 aromatic heterocycles. The van der Waals surface area contributed by atoms with Crippen molar-refractivity contribution in [3.63, 3.8) is 0 Å². The Kier molecular flexibility index (Phi) is 3.97. The van der Waals surface area contributed by atoms with E-state index in [1.165, 1.54) is 24.5 Å². The quantitative estimate of drug-likeness (QED) is 0.676. The number of aromatic nitrogens is 1. The number of aromatic hydroxyl groups is 1. The van der Waals surface area contributed by atoms with Gasteiger partial charge in [-0.05, 0) is 29.6 Å². The number of hydrogen-bond acceptors (Lipinski definition) is 5. The zero-order valence-electron chi connectivity index (χ0n) is 11.8. The molecule has 0 unspecified atom stereocenters. The molecule has 3 aromatic rings. The van der Waals surface area contributed by atoms with Crippen LogP contribution in [0.2, 0.25) is 5.02 Å². The molecule has 1 amide bonds. The Hall–Kier alpha value is -2.51. The molecule has 0 radical (unpaired) electrons. The first-order valence-electron chi connectivity index (χ1n) is 6.48. The third-order valence-corrected chi connectivity index (χ3v) is 4.45. The summed E-state index contributed by atoms with van der Waals surface area (Å²) < 4.78 is 5.48. The predicted octanol–water partition coefficient (Wildman–Crippen LogP) is 3.21. The number of carbonyl (C=O) groups is 1. The SMILES string of the molecule is COc1ccc(NC(=O)c2c(O)c3sccc3[nH]c2=O)cc1Cl. The lowest BCUT2D eigenvalue weighted by Crippen LogP contribution is -2.23. The number of thiophene rings is 1. The highest BCUT2D eigenvalue weighted by molar-refractivity contribution is 7.17. The van der Waals surface area contributed by atoms with Gasteiger partial charge in [0.2, 0.25) is 0 Å².